The van der Waals surface area contributed by atoms with E-state index in [1.807, 2.05) is 20.8 Å². The van der Waals surface area contributed by atoms with Gasteiger partial charge in [-0.25, -0.2) is 4.79 Å². The van der Waals surface area contributed by atoms with Crippen LogP contribution in [0, 0.1) is 11.3 Å². The molecule has 7 heteroatoms. The number of benzene rings is 1. The Kier molecular flexibility index (Phi) is 4.92. The Morgan fingerprint density at radius 3 is 2.77 bits per heavy atom. The SMILES string of the molecule is CCOC1CC(NC(=O)C2COc3ccc(Cl)cc3C2)(C(=O)O)C1(C)C. The number of rotatable bonds is 5. The molecule has 1 fully saturated rings. The Bertz CT molecular complexity index is 735. The first-order valence-corrected chi connectivity index (χ1v) is 9.17. The fourth-order valence-electron chi connectivity index (χ4n) is 3.88. The van der Waals surface area contributed by atoms with Gasteiger partial charge in [0.05, 0.1) is 12.0 Å². The molecule has 1 heterocycles. The number of hydrogen-bond acceptors (Lipinski definition) is 4. The van der Waals surface area contributed by atoms with Gasteiger partial charge in [-0.3, -0.25) is 4.79 Å². The number of carboxylic acids is 1. The van der Waals surface area contributed by atoms with Gasteiger partial charge >= 0.3 is 5.97 Å². The van der Waals surface area contributed by atoms with Crippen LogP contribution in [0.3, 0.4) is 0 Å². The third-order valence-corrected chi connectivity index (χ3v) is 6.00. The normalized spacial score (nSPS) is 29.1. The molecule has 26 heavy (non-hydrogen) atoms. The van der Waals surface area contributed by atoms with E-state index in [2.05, 4.69) is 5.32 Å². The van der Waals surface area contributed by atoms with Gasteiger partial charge in [-0.2, -0.15) is 0 Å². The number of nitrogens with one attached hydrogen (secondary N) is 1. The predicted octanol–water partition coefficient (Wildman–Crippen LogP) is 2.67. The summed E-state index contributed by atoms with van der Waals surface area (Å²) in [7, 11) is 0. The van der Waals surface area contributed by atoms with Crippen LogP contribution in [-0.4, -0.2) is 41.8 Å². The first kappa shape index (κ1) is 19.0. The quantitative estimate of drug-likeness (QED) is 0.819. The molecule has 0 bridgehead atoms. The van der Waals surface area contributed by atoms with Crippen molar-refractivity contribution in [2.24, 2.45) is 11.3 Å². The Morgan fingerprint density at radius 2 is 2.15 bits per heavy atom. The van der Waals surface area contributed by atoms with Crippen molar-refractivity contribution in [2.75, 3.05) is 13.2 Å². The fraction of sp³-hybridized carbons (Fsp3) is 0.579. The highest BCUT2D eigenvalue weighted by Crippen LogP contribution is 2.51. The van der Waals surface area contributed by atoms with Crippen molar-refractivity contribution in [2.45, 2.75) is 45.3 Å². The lowest BCUT2D eigenvalue weighted by atomic mass is 9.54. The molecule has 1 aromatic carbocycles. The average Bonchev–Trinajstić information content (AvgIpc) is 2.59. The Labute approximate surface area is 157 Å². The van der Waals surface area contributed by atoms with E-state index in [0.29, 0.717) is 23.8 Å². The summed E-state index contributed by atoms with van der Waals surface area (Å²) < 4.78 is 11.3. The van der Waals surface area contributed by atoms with Gasteiger partial charge in [0.15, 0.2) is 0 Å². The van der Waals surface area contributed by atoms with Crippen molar-refractivity contribution in [3.05, 3.63) is 28.8 Å². The van der Waals surface area contributed by atoms with Crippen molar-refractivity contribution in [1.82, 2.24) is 5.32 Å². The summed E-state index contributed by atoms with van der Waals surface area (Å²) in [6, 6.07) is 5.30. The molecule has 1 saturated carbocycles. The van der Waals surface area contributed by atoms with E-state index in [1.54, 1.807) is 18.2 Å². The predicted molar refractivity (Wildman–Crippen MR) is 96.5 cm³/mol. The molecule has 0 aromatic heterocycles. The maximum atomic E-state index is 12.8. The number of amides is 1. The van der Waals surface area contributed by atoms with Crippen molar-refractivity contribution >= 4 is 23.5 Å². The van der Waals surface area contributed by atoms with Crippen LogP contribution in [-0.2, 0) is 20.7 Å². The van der Waals surface area contributed by atoms with E-state index in [-0.39, 0.29) is 25.0 Å². The molecule has 0 radical (unpaired) electrons. The van der Waals surface area contributed by atoms with Gasteiger partial charge < -0.3 is 19.9 Å². The number of ether oxygens (including phenoxy) is 2. The van der Waals surface area contributed by atoms with Crippen LogP contribution in [0.15, 0.2) is 18.2 Å². The van der Waals surface area contributed by atoms with E-state index >= 15 is 0 Å². The smallest absolute Gasteiger partial charge is 0.330 e. The number of hydrogen-bond donors (Lipinski definition) is 2. The highest BCUT2D eigenvalue weighted by molar-refractivity contribution is 6.30. The summed E-state index contributed by atoms with van der Waals surface area (Å²) in [5.74, 6) is -1.10. The summed E-state index contributed by atoms with van der Waals surface area (Å²) in [6.45, 7) is 6.23. The molecular weight excluding hydrogens is 358 g/mol. The fourth-order valence-corrected chi connectivity index (χ4v) is 4.08. The topological polar surface area (TPSA) is 84.9 Å². The number of aliphatic carboxylic acids is 1. The number of fused-ring (bicyclic) bond motifs is 1. The maximum absolute atomic E-state index is 12.8. The van der Waals surface area contributed by atoms with Crippen LogP contribution in [0.5, 0.6) is 5.75 Å². The van der Waals surface area contributed by atoms with Gasteiger partial charge in [-0.05, 0) is 37.1 Å². The van der Waals surface area contributed by atoms with Crippen molar-refractivity contribution in [1.29, 1.82) is 0 Å². The van der Waals surface area contributed by atoms with E-state index in [4.69, 9.17) is 21.1 Å². The highest BCUT2D eigenvalue weighted by atomic mass is 35.5. The van der Waals surface area contributed by atoms with Gasteiger partial charge in [0.1, 0.15) is 17.9 Å². The molecule has 3 unspecified atom stereocenters. The lowest BCUT2D eigenvalue weighted by Crippen LogP contribution is -2.76. The minimum absolute atomic E-state index is 0.203. The molecule has 2 aliphatic rings. The second kappa shape index (κ2) is 6.74. The molecule has 3 rings (SSSR count). The summed E-state index contributed by atoms with van der Waals surface area (Å²) in [6.07, 6.45) is 0.517. The first-order valence-electron chi connectivity index (χ1n) is 8.79. The zero-order chi connectivity index (χ0) is 19.1. The van der Waals surface area contributed by atoms with Gasteiger partial charge in [0.2, 0.25) is 5.91 Å². The van der Waals surface area contributed by atoms with E-state index in [9.17, 15) is 14.7 Å². The largest absolute Gasteiger partial charge is 0.492 e. The summed E-state index contributed by atoms with van der Waals surface area (Å²) in [5.41, 5.74) is -1.19. The zero-order valence-corrected chi connectivity index (χ0v) is 15.9. The van der Waals surface area contributed by atoms with Crippen LogP contribution < -0.4 is 10.1 Å². The summed E-state index contributed by atoms with van der Waals surface area (Å²) in [4.78, 5) is 24.8. The Balaban J connectivity index is 1.75. The van der Waals surface area contributed by atoms with E-state index in [0.717, 1.165) is 5.56 Å². The van der Waals surface area contributed by atoms with Crippen molar-refractivity contribution in [3.8, 4) is 5.75 Å². The number of carbonyl (C=O) groups excluding carboxylic acids is 1. The molecule has 142 valence electrons. The molecule has 0 spiro atoms. The minimum Gasteiger partial charge on any atom is -0.492 e. The van der Waals surface area contributed by atoms with Crippen molar-refractivity contribution < 1.29 is 24.2 Å². The highest BCUT2D eigenvalue weighted by Gasteiger charge is 2.66. The molecule has 6 nitrogen and oxygen atoms in total. The standard InChI is InChI=1S/C19H24ClNO5/c1-4-25-15-9-19(17(23)24,18(15,2)3)21-16(22)12-7-11-8-13(20)5-6-14(11)26-10-12/h5-6,8,12,15H,4,7,9-10H2,1-3H3,(H,21,22)(H,23,24). The molecule has 1 amide bonds. The number of carbonyl (C=O) groups is 2. The Hall–Kier alpha value is -1.79. The number of carboxylic acid groups (broad SMARTS) is 1. The van der Waals surface area contributed by atoms with Crippen LogP contribution in [0.1, 0.15) is 32.8 Å². The molecule has 2 N–H and O–H groups in total. The lowest BCUT2D eigenvalue weighted by Gasteiger charge is -2.58. The van der Waals surface area contributed by atoms with Crippen LogP contribution in [0.25, 0.3) is 0 Å². The van der Waals surface area contributed by atoms with E-state index < -0.39 is 22.8 Å². The van der Waals surface area contributed by atoms with Crippen LogP contribution in [0.2, 0.25) is 5.02 Å². The van der Waals surface area contributed by atoms with Crippen molar-refractivity contribution in [3.63, 3.8) is 0 Å². The average molecular weight is 382 g/mol. The summed E-state index contributed by atoms with van der Waals surface area (Å²) >= 11 is 6.02. The lowest BCUT2D eigenvalue weighted by molar-refractivity contribution is -0.195. The van der Waals surface area contributed by atoms with Crippen LogP contribution in [0.4, 0.5) is 0 Å². The summed E-state index contributed by atoms with van der Waals surface area (Å²) in [5, 5.41) is 13.2. The Morgan fingerprint density at radius 1 is 1.42 bits per heavy atom. The maximum Gasteiger partial charge on any atom is 0.330 e. The van der Waals surface area contributed by atoms with Crippen LogP contribution >= 0.6 is 11.6 Å². The molecule has 0 saturated heterocycles. The second-order valence-corrected chi connectivity index (χ2v) is 7.97. The van der Waals surface area contributed by atoms with Gasteiger partial charge in [-0.1, -0.05) is 25.4 Å². The molecule has 1 aliphatic carbocycles. The molecule has 1 aliphatic heterocycles. The van der Waals surface area contributed by atoms with Gasteiger partial charge in [0, 0.05) is 23.5 Å². The van der Waals surface area contributed by atoms with Gasteiger partial charge in [0.25, 0.3) is 0 Å². The molecule has 3 atom stereocenters. The minimum atomic E-state index is -1.33. The van der Waals surface area contributed by atoms with Gasteiger partial charge in [-0.15, -0.1) is 0 Å². The second-order valence-electron chi connectivity index (χ2n) is 7.53. The monoisotopic (exact) mass is 381 g/mol. The third-order valence-electron chi connectivity index (χ3n) is 5.77. The molecule has 1 aromatic rings. The van der Waals surface area contributed by atoms with E-state index in [1.165, 1.54) is 0 Å². The number of halogens is 1. The third kappa shape index (κ3) is 2.95. The molecular formula is C19H24ClNO5. The first-order chi connectivity index (χ1) is 12.2. The zero-order valence-electron chi connectivity index (χ0n) is 15.2.